The highest BCUT2D eigenvalue weighted by atomic mass is 16.6. The van der Waals surface area contributed by atoms with Crippen molar-refractivity contribution in [3.63, 3.8) is 0 Å². The van der Waals surface area contributed by atoms with Crippen molar-refractivity contribution < 1.29 is 14.6 Å². The van der Waals surface area contributed by atoms with E-state index in [2.05, 4.69) is 35.5 Å². The molecule has 116 valence electrons. The second-order valence-corrected chi connectivity index (χ2v) is 4.85. The van der Waals surface area contributed by atoms with E-state index in [1.165, 1.54) is 37.9 Å². The molecule has 0 spiro atoms. The second-order valence-electron chi connectivity index (χ2n) is 4.85. The topological polar surface area (TPSA) is 75.2 Å². The third-order valence-electron chi connectivity index (χ3n) is 3.47. The molecule has 1 aromatic heterocycles. The summed E-state index contributed by atoms with van der Waals surface area (Å²) in [5.41, 5.74) is 0. The summed E-state index contributed by atoms with van der Waals surface area (Å²) in [6.07, 6.45) is 8.97. The Bertz CT molecular complexity index is 339. The number of nitrogens with one attached hydrogen (secondary N) is 1. The Hall–Kier alpha value is -1.52. The van der Waals surface area contributed by atoms with Crippen molar-refractivity contribution in [2.24, 2.45) is 5.92 Å². The quantitative estimate of drug-likeness (QED) is 0.726. The largest absolute Gasteiger partial charge is 0.505 e. The Labute approximate surface area is 121 Å². The summed E-state index contributed by atoms with van der Waals surface area (Å²) in [6, 6.07) is 0. The first-order chi connectivity index (χ1) is 9.58. The third kappa shape index (κ3) is 7.81. The number of aromatic amines is 1. The predicted octanol–water partition coefficient (Wildman–Crippen LogP) is 4.43. The lowest BCUT2D eigenvalue weighted by molar-refractivity contribution is 0.114. The minimum absolute atomic E-state index is 0.622. The Kier molecular flexibility index (Phi) is 10.5. The van der Waals surface area contributed by atoms with Crippen LogP contribution in [0.4, 0.5) is 4.79 Å². The van der Waals surface area contributed by atoms with E-state index in [9.17, 15) is 0 Å². The average molecular weight is 284 g/mol. The van der Waals surface area contributed by atoms with Crippen molar-refractivity contribution in [3.8, 4) is 0 Å². The van der Waals surface area contributed by atoms with Gasteiger partial charge in [-0.25, -0.2) is 9.78 Å². The van der Waals surface area contributed by atoms with Crippen LogP contribution in [0.1, 0.15) is 64.6 Å². The Balaban J connectivity index is 0.000000621. The first-order valence-corrected chi connectivity index (χ1v) is 7.35. The average Bonchev–Trinajstić information content (AvgIpc) is 2.98. The first-order valence-electron chi connectivity index (χ1n) is 7.35. The molecule has 0 amide bonds. The zero-order valence-corrected chi connectivity index (χ0v) is 13.1. The van der Waals surface area contributed by atoms with Gasteiger partial charge in [0.2, 0.25) is 0 Å². The number of methoxy groups -OCH3 is 1. The molecule has 2 atom stereocenters. The van der Waals surface area contributed by atoms with E-state index >= 15 is 0 Å². The molecule has 0 aliphatic heterocycles. The number of ether oxygens (including phenoxy) is 1. The van der Waals surface area contributed by atoms with Crippen molar-refractivity contribution in [1.82, 2.24) is 9.97 Å². The van der Waals surface area contributed by atoms with Gasteiger partial charge in [0, 0.05) is 18.3 Å². The number of hydrogen-bond donors (Lipinski definition) is 2. The molecule has 0 aliphatic carbocycles. The monoisotopic (exact) mass is 284 g/mol. The molecule has 5 heteroatoms. The fourth-order valence-electron chi connectivity index (χ4n) is 2.27. The lowest BCUT2D eigenvalue weighted by Gasteiger charge is -2.19. The van der Waals surface area contributed by atoms with Crippen molar-refractivity contribution in [1.29, 1.82) is 0 Å². The number of imidazole rings is 1. The fraction of sp³-hybridized carbons (Fsp3) is 0.733. The summed E-state index contributed by atoms with van der Waals surface area (Å²) in [7, 11) is 1.10. The van der Waals surface area contributed by atoms with Gasteiger partial charge in [-0.05, 0) is 18.8 Å². The summed E-state index contributed by atoms with van der Waals surface area (Å²) >= 11 is 0. The molecule has 0 bridgehead atoms. The first kappa shape index (κ1) is 18.5. The molecule has 1 aromatic rings. The summed E-state index contributed by atoms with van der Waals surface area (Å²) in [4.78, 5) is 16.8. The predicted molar refractivity (Wildman–Crippen MR) is 80.0 cm³/mol. The van der Waals surface area contributed by atoms with Gasteiger partial charge < -0.3 is 14.8 Å². The maximum Gasteiger partial charge on any atom is 0.505 e. The smallest absolute Gasteiger partial charge is 0.450 e. The number of rotatable bonds is 7. The zero-order chi connectivity index (χ0) is 15.4. The van der Waals surface area contributed by atoms with Crippen molar-refractivity contribution in [3.05, 3.63) is 18.2 Å². The molecule has 0 radical (unpaired) electrons. The highest BCUT2D eigenvalue weighted by Gasteiger charge is 2.16. The normalized spacial score (nSPS) is 13.0. The van der Waals surface area contributed by atoms with Gasteiger partial charge in [-0.15, -0.1) is 0 Å². The van der Waals surface area contributed by atoms with Gasteiger partial charge >= 0.3 is 6.16 Å². The second kappa shape index (κ2) is 11.3. The van der Waals surface area contributed by atoms with Crippen LogP contribution in [0.3, 0.4) is 0 Å². The van der Waals surface area contributed by atoms with Crippen molar-refractivity contribution >= 4 is 6.16 Å². The summed E-state index contributed by atoms with van der Waals surface area (Å²) in [6.45, 7) is 6.83. The van der Waals surface area contributed by atoms with Crippen LogP contribution >= 0.6 is 0 Å². The van der Waals surface area contributed by atoms with Crippen molar-refractivity contribution in [2.75, 3.05) is 7.11 Å². The number of carbonyl (C=O) groups is 1. The van der Waals surface area contributed by atoms with E-state index in [1.54, 1.807) is 0 Å². The minimum atomic E-state index is -1.25. The van der Waals surface area contributed by atoms with Crippen LogP contribution in [-0.4, -0.2) is 28.3 Å². The molecule has 20 heavy (non-hydrogen) atoms. The Morgan fingerprint density at radius 2 is 2.05 bits per heavy atom. The minimum Gasteiger partial charge on any atom is -0.450 e. The molecule has 1 heterocycles. The summed E-state index contributed by atoms with van der Waals surface area (Å²) < 4.78 is 3.67. The number of H-pyrrole nitrogens is 1. The molecule has 5 nitrogen and oxygen atoms in total. The van der Waals surface area contributed by atoms with E-state index in [1.807, 2.05) is 12.4 Å². The van der Waals surface area contributed by atoms with Gasteiger partial charge in [0.15, 0.2) is 0 Å². The molecule has 2 unspecified atom stereocenters. The van der Waals surface area contributed by atoms with Crippen LogP contribution in [0.2, 0.25) is 0 Å². The van der Waals surface area contributed by atoms with E-state index < -0.39 is 6.16 Å². The molecule has 0 saturated carbocycles. The SMILES string of the molecule is CCCC(CC)CC(CC)c1ncc[nH]1.COC(=O)O. The standard InChI is InChI=1S/C13H24N2.C2H4O3/c1-4-7-11(5-2)10-12(6-3)13-14-8-9-15-13;1-5-2(3)4/h8-9,11-12H,4-7,10H2,1-3H3,(H,14,15);1H3,(H,3,4). The highest BCUT2D eigenvalue weighted by Crippen LogP contribution is 2.28. The van der Waals surface area contributed by atoms with E-state index in [0.29, 0.717) is 5.92 Å². The molecule has 0 fully saturated rings. The molecule has 0 aromatic carbocycles. The lowest BCUT2D eigenvalue weighted by atomic mass is 9.87. The van der Waals surface area contributed by atoms with Crippen LogP contribution in [0.25, 0.3) is 0 Å². The molecular weight excluding hydrogens is 256 g/mol. The van der Waals surface area contributed by atoms with Crippen LogP contribution in [-0.2, 0) is 4.74 Å². The third-order valence-corrected chi connectivity index (χ3v) is 3.47. The van der Waals surface area contributed by atoms with Crippen molar-refractivity contribution in [2.45, 2.75) is 58.8 Å². The Morgan fingerprint density at radius 1 is 1.40 bits per heavy atom. The number of aromatic nitrogens is 2. The van der Waals surface area contributed by atoms with Gasteiger partial charge in [0.1, 0.15) is 5.82 Å². The van der Waals surface area contributed by atoms with Crippen LogP contribution < -0.4 is 0 Å². The highest BCUT2D eigenvalue weighted by molar-refractivity contribution is 5.56. The molecule has 2 N–H and O–H groups in total. The number of hydrogen-bond acceptors (Lipinski definition) is 3. The van der Waals surface area contributed by atoms with Crippen LogP contribution in [0.5, 0.6) is 0 Å². The fourth-order valence-corrected chi connectivity index (χ4v) is 2.27. The van der Waals surface area contributed by atoms with E-state index in [0.717, 1.165) is 13.0 Å². The Morgan fingerprint density at radius 3 is 2.40 bits per heavy atom. The van der Waals surface area contributed by atoms with Crippen LogP contribution in [0.15, 0.2) is 12.4 Å². The van der Waals surface area contributed by atoms with Gasteiger partial charge in [-0.2, -0.15) is 0 Å². The number of nitrogens with zero attached hydrogens (tertiary/aromatic N) is 1. The molecule has 0 aliphatic rings. The lowest BCUT2D eigenvalue weighted by Crippen LogP contribution is -2.08. The molecular formula is C15H28N2O3. The van der Waals surface area contributed by atoms with Gasteiger partial charge in [0.25, 0.3) is 0 Å². The van der Waals surface area contributed by atoms with E-state index in [-0.39, 0.29) is 0 Å². The van der Waals surface area contributed by atoms with Gasteiger partial charge in [-0.3, -0.25) is 0 Å². The van der Waals surface area contributed by atoms with Gasteiger partial charge in [-0.1, -0.05) is 40.0 Å². The summed E-state index contributed by atoms with van der Waals surface area (Å²) in [5, 5.41) is 7.50. The summed E-state index contributed by atoms with van der Waals surface area (Å²) in [5.74, 6) is 2.66. The molecule has 1 rings (SSSR count). The van der Waals surface area contributed by atoms with Crippen LogP contribution in [0, 0.1) is 5.92 Å². The maximum absolute atomic E-state index is 9.15. The zero-order valence-electron chi connectivity index (χ0n) is 13.1. The van der Waals surface area contributed by atoms with Gasteiger partial charge in [0.05, 0.1) is 7.11 Å². The number of carboxylic acid groups (broad SMARTS) is 1. The molecule has 0 saturated heterocycles. The van der Waals surface area contributed by atoms with E-state index in [4.69, 9.17) is 9.90 Å². The maximum atomic E-state index is 9.15.